The third-order valence-corrected chi connectivity index (χ3v) is 1.60. The van der Waals surface area contributed by atoms with Crippen LogP contribution >= 0.6 is 0 Å². The zero-order valence-corrected chi connectivity index (χ0v) is 7.13. The maximum Gasteiger partial charge on any atom is 0.306 e. The summed E-state index contributed by atoms with van der Waals surface area (Å²) < 4.78 is 0. The fourth-order valence-electron chi connectivity index (χ4n) is 0.972. The molecule has 0 aliphatic heterocycles. The quantitative estimate of drug-likeness (QED) is 0.639. The zero-order valence-electron chi connectivity index (χ0n) is 7.13. The van der Waals surface area contributed by atoms with Gasteiger partial charge in [-0.05, 0) is 13.3 Å². The van der Waals surface area contributed by atoms with E-state index in [2.05, 4.69) is 0 Å². The van der Waals surface area contributed by atoms with Gasteiger partial charge in [-0.2, -0.15) is 0 Å². The summed E-state index contributed by atoms with van der Waals surface area (Å²) in [5, 5.41) is 17.8. The summed E-state index contributed by atoms with van der Waals surface area (Å²) in [6.45, 7) is 3.58. The van der Waals surface area contributed by atoms with Gasteiger partial charge in [-0.25, -0.2) is 0 Å². The average molecular weight is 160 g/mol. The second-order valence-corrected chi connectivity index (χ2v) is 3.17. The molecule has 0 aromatic carbocycles. The minimum Gasteiger partial charge on any atom is -0.481 e. The van der Waals surface area contributed by atoms with Gasteiger partial charge in [0.1, 0.15) is 0 Å². The molecule has 11 heavy (non-hydrogen) atoms. The molecule has 0 aromatic rings. The molecule has 1 unspecified atom stereocenters. The molecule has 0 saturated carbocycles. The molecular weight excluding hydrogens is 144 g/mol. The predicted octanol–water partition coefficient (Wildman–Crippen LogP) is 1.40. The molecule has 3 nitrogen and oxygen atoms in total. The Balaban J connectivity index is 3.70. The zero-order chi connectivity index (χ0) is 8.91. The molecule has 0 aliphatic carbocycles. The summed E-state index contributed by atoms with van der Waals surface area (Å²) in [6.07, 6.45) is 2.26. The molecule has 0 bridgehead atoms. The minimum absolute atomic E-state index is 0.160. The second-order valence-electron chi connectivity index (χ2n) is 3.17. The van der Waals surface area contributed by atoms with Crippen molar-refractivity contribution >= 4 is 5.97 Å². The highest BCUT2D eigenvalue weighted by Crippen LogP contribution is 2.17. The summed E-state index contributed by atoms with van der Waals surface area (Å²) in [5.41, 5.74) is -1.03. The Labute approximate surface area is 67.0 Å². The van der Waals surface area contributed by atoms with Crippen LogP contribution in [0.15, 0.2) is 0 Å². The van der Waals surface area contributed by atoms with Gasteiger partial charge in [0, 0.05) is 0 Å². The molecule has 0 saturated heterocycles. The van der Waals surface area contributed by atoms with E-state index in [1.54, 1.807) is 6.92 Å². The first-order valence-electron chi connectivity index (χ1n) is 3.92. The molecule has 0 aromatic heterocycles. The summed E-state index contributed by atoms with van der Waals surface area (Å²) in [4.78, 5) is 10.2. The van der Waals surface area contributed by atoms with Gasteiger partial charge >= 0.3 is 5.97 Å². The van der Waals surface area contributed by atoms with Crippen LogP contribution in [0.2, 0.25) is 0 Å². The Morgan fingerprint density at radius 3 is 2.45 bits per heavy atom. The number of rotatable bonds is 5. The second kappa shape index (κ2) is 4.34. The first-order valence-corrected chi connectivity index (χ1v) is 3.92. The van der Waals surface area contributed by atoms with E-state index in [9.17, 15) is 9.90 Å². The topological polar surface area (TPSA) is 57.5 Å². The molecule has 3 heteroatoms. The van der Waals surface area contributed by atoms with Crippen molar-refractivity contribution in [3.8, 4) is 0 Å². The number of aliphatic hydroxyl groups is 1. The van der Waals surface area contributed by atoms with Crippen molar-refractivity contribution in [1.29, 1.82) is 0 Å². The molecular formula is C8H16O3. The van der Waals surface area contributed by atoms with Gasteiger partial charge in [-0.15, -0.1) is 0 Å². The van der Waals surface area contributed by atoms with Gasteiger partial charge in [-0.3, -0.25) is 4.79 Å². The van der Waals surface area contributed by atoms with E-state index >= 15 is 0 Å². The van der Waals surface area contributed by atoms with E-state index in [-0.39, 0.29) is 6.42 Å². The van der Waals surface area contributed by atoms with E-state index in [0.29, 0.717) is 6.42 Å². The normalized spacial score (nSPS) is 15.9. The number of carboxylic acids is 1. The number of unbranched alkanes of at least 4 members (excludes halogenated alkanes) is 1. The lowest BCUT2D eigenvalue weighted by Gasteiger charge is -2.20. The molecule has 66 valence electrons. The highest BCUT2D eigenvalue weighted by molar-refractivity contribution is 5.67. The molecule has 0 aliphatic rings. The van der Waals surface area contributed by atoms with Crippen LogP contribution in [0.3, 0.4) is 0 Å². The largest absolute Gasteiger partial charge is 0.481 e. The lowest BCUT2D eigenvalue weighted by atomic mass is 9.96. The van der Waals surface area contributed by atoms with Crippen LogP contribution < -0.4 is 0 Å². The number of carbonyl (C=O) groups is 1. The van der Waals surface area contributed by atoms with Gasteiger partial charge in [0.05, 0.1) is 12.0 Å². The Morgan fingerprint density at radius 1 is 1.55 bits per heavy atom. The van der Waals surface area contributed by atoms with Crippen molar-refractivity contribution in [2.45, 2.75) is 45.1 Å². The third-order valence-electron chi connectivity index (χ3n) is 1.60. The molecule has 0 amide bonds. The maximum atomic E-state index is 10.2. The Bertz CT molecular complexity index is 129. The first-order chi connectivity index (χ1) is 4.98. The van der Waals surface area contributed by atoms with Crippen molar-refractivity contribution < 1.29 is 15.0 Å². The van der Waals surface area contributed by atoms with Crippen molar-refractivity contribution in [1.82, 2.24) is 0 Å². The smallest absolute Gasteiger partial charge is 0.306 e. The minimum atomic E-state index is -1.03. The third kappa shape index (κ3) is 5.85. The van der Waals surface area contributed by atoms with Gasteiger partial charge in [0.15, 0.2) is 0 Å². The first kappa shape index (κ1) is 10.4. The Morgan fingerprint density at radius 2 is 2.09 bits per heavy atom. The summed E-state index contributed by atoms with van der Waals surface area (Å²) in [6, 6.07) is 0. The lowest BCUT2D eigenvalue weighted by Crippen LogP contribution is -2.27. The van der Waals surface area contributed by atoms with Crippen LogP contribution in [0.25, 0.3) is 0 Å². The van der Waals surface area contributed by atoms with E-state index in [1.807, 2.05) is 6.92 Å². The van der Waals surface area contributed by atoms with Gasteiger partial charge in [0.2, 0.25) is 0 Å². The summed E-state index contributed by atoms with van der Waals surface area (Å²) >= 11 is 0. The van der Waals surface area contributed by atoms with E-state index in [4.69, 9.17) is 5.11 Å². The van der Waals surface area contributed by atoms with Gasteiger partial charge < -0.3 is 10.2 Å². The number of carboxylic acid groups (broad SMARTS) is 1. The molecule has 0 spiro atoms. The fourth-order valence-corrected chi connectivity index (χ4v) is 0.972. The van der Waals surface area contributed by atoms with Crippen LogP contribution in [0, 0.1) is 0 Å². The molecule has 0 radical (unpaired) electrons. The maximum absolute atomic E-state index is 10.2. The highest BCUT2D eigenvalue weighted by Gasteiger charge is 2.22. The number of hydrogen-bond donors (Lipinski definition) is 2. The number of hydrogen-bond acceptors (Lipinski definition) is 2. The van der Waals surface area contributed by atoms with Crippen molar-refractivity contribution in [3.63, 3.8) is 0 Å². The van der Waals surface area contributed by atoms with Crippen LogP contribution in [0.4, 0.5) is 0 Å². The molecule has 1 atom stereocenters. The molecule has 0 heterocycles. The number of aliphatic carboxylic acids is 1. The molecule has 0 rings (SSSR count). The standard InChI is InChI=1S/C8H16O3/c1-3-4-5-8(2,11)6-7(9)10/h11H,3-6H2,1-2H3,(H,9,10). The van der Waals surface area contributed by atoms with Crippen molar-refractivity contribution in [3.05, 3.63) is 0 Å². The van der Waals surface area contributed by atoms with E-state index in [0.717, 1.165) is 12.8 Å². The average Bonchev–Trinajstić information content (AvgIpc) is 1.81. The highest BCUT2D eigenvalue weighted by atomic mass is 16.4. The fraction of sp³-hybridized carbons (Fsp3) is 0.875. The SMILES string of the molecule is CCCCC(C)(O)CC(=O)O. The molecule has 2 N–H and O–H groups in total. The Kier molecular flexibility index (Phi) is 4.11. The van der Waals surface area contributed by atoms with E-state index < -0.39 is 11.6 Å². The Hall–Kier alpha value is -0.570. The van der Waals surface area contributed by atoms with Crippen molar-refractivity contribution in [2.75, 3.05) is 0 Å². The van der Waals surface area contributed by atoms with Crippen LogP contribution in [0.1, 0.15) is 39.5 Å². The predicted molar refractivity (Wildman–Crippen MR) is 42.4 cm³/mol. The van der Waals surface area contributed by atoms with Gasteiger partial charge in [0.25, 0.3) is 0 Å². The summed E-state index contributed by atoms with van der Waals surface area (Å²) in [7, 11) is 0. The van der Waals surface area contributed by atoms with Crippen molar-refractivity contribution in [2.24, 2.45) is 0 Å². The van der Waals surface area contributed by atoms with Crippen LogP contribution in [-0.4, -0.2) is 21.8 Å². The van der Waals surface area contributed by atoms with Gasteiger partial charge in [-0.1, -0.05) is 19.8 Å². The van der Waals surface area contributed by atoms with E-state index in [1.165, 1.54) is 0 Å². The lowest BCUT2D eigenvalue weighted by molar-refractivity contribution is -0.142. The summed E-state index contributed by atoms with van der Waals surface area (Å²) in [5.74, 6) is -0.939. The van der Waals surface area contributed by atoms with Crippen LogP contribution in [0.5, 0.6) is 0 Å². The monoisotopic (exact) mass is 160 g/mol. The molecule has 0 fully saturated rings. The van der Waals surface area contributed by atoms with Crippen LogP contribution in [-0.2, 0) is 4.79 Å².